The van der Waals surface area contributed by atoms with Gasteiger partial charge < -0.3 is 4.90 Å². The highest BCUT2D eigenvalue weighted by atomic mass is 16.2. The van der Waals surface area contributed by atoms with Crippen LogP contribution < -0.4 is 0 Å². The average Bonchev–Trinajstić information content (AvgIpc) is 3.22. The van der Waals surface area contributed by atoms with Gasteiger partial charge in [-0.3, -0.25) is 9.69 Å². The van der Waals surface area contributed by atoms with Gasteiger partial charge in [0.15, 0.2) is 0 Å². The number of benzene rings is 2. The van der Waals surface area contributed by atoms with Crippen LogP contribution in [0.3, 0.4) is 0 Å². The van der Waals surface area contributed by atoms with Gasteiger partial charge in [0, 0.05) is 31.2 Å². The van der Waals surface area contributed by atoms with E-state index >= 15 is 0 Å². The third kappa shape index (κ3) is 3.54. The molecule has 0 spiro atoms. The van der Waals surface area contributed by atoms with Crippen LogP contribution in [0, 0.1) is 0 Å². The molecule has 1 atom stereocenters. The van der Waals surface area contributed by atoms with Crippen LogP contribution in [-0.2, 0) is 13.0 Å². The van der Waals surface area contributed by atoms with Crippen molar-refractivity contribution in [2.75, 3.05) is 20.1 Å². The van der Waals surface area contributed by atoms with Gasteiger partial charge in [-0.05, 0) is 68.0 Å². The minimum atomic E-state index is 0.184. The van der Waals surface area contributed by atoms with Gasteiger partial charge >= 0.3 is 0 Å². The number of likely N-dealkylation sites (tertiary alicyclic amines) is 1. The highest BCUT2D eigenvalue weighted by molar-refractivity contribution is 5.94. The van der Waals surface area contributed by atoms with E-state index in [-0.39, 0.29) is 5.91 Å². The van der Waals surface area contributed by atoms with E-state index in [4.69, 9.17) is 0 Å². The molecule has 0 aromatic heterocycles. The number of aryl methyl sites for hydroxylation is 1. The lowest BCUT2D eigenvalue weighted by molar-refractivity contribution is 0.0793. The second-order valence-electron chi connectivity index (χ2n) is 7.72. The molecule has 0 radical (unpaired) electrons. The van der Waals surface area contributed by atoms with Crippen LogP contribution in [0.25, 0.3) is 0 Å². The first-order chi connectivity index (χ1) is 12.7. The van der Waals surface area contributed by atoms with E-state index in [0.717, 1.165) is 38.0 Å². The van der Waals surface area contributed by atoms with Gasteiger partial charge in [0.1, 0.15) is 0 Å². The number of hydrogen-bond donors (Lipinski definition) is 0. The summed E-state index contributed by atoms with van der Waals surface area (Å²) in [5, 5.41) is 0. The predicted molar refractivity (Wildman–Crippen MR) is 105 cm³/mol. The summed E-state index contributed by atoms with van der Waals surface area (Å²) < 4.78 is 0. The lowest BCUT2D eigenvalue weighted by Gasteiger charge is -2.33. The Hall–Kier alpha value is -2.13. The highest BCUT2D eigenvalue weighted by Gasteiger charge is 2.23. The Labute approximate surface area is 156 Å². The zero-order valence-corrected chi connectivity index (χ0v) is 15.7. The van der Waals surface area contributed by atoms with Crippen molar-refractivity contribution in [3.8, 4) is 0 Å². The predicted octanol–water partition coefficient (Wildman–Crippen LogP) is 4.43. The van der Waals surface area contributed by atoms with Crippen LogP contribution in [0.15, 0.2) is 48.5 Å². The minimum Gasteiger partial charge on any atom is -0.339 e. The number of carbonyl (C=O) groups excluding carboxylic acids is 1. The van der Waals surface area contributed by atoms with Gasteiger partial charge in [0.05, 0.1) is 0 Å². The first-order valence-corrected chi connectivity index (χ1v) is 9.88. The fourth-order valence-electron chi connectivity index (χ4n) is 4.44. The average molecular weight is 348 g/mol. The van der Waals surface area contributed by atoms with E-state index in [2.05, 4.69) is 48.3 Å². The van der Waals surface area contributed by atoms with E-state index < -0.39 is 0 Å². The summed E-state index contributed by atoms with van der Waals surface area (Å²) >= 11 is 0. The molecule has 2 aliphatic rings. The fraction of sp³-hybridized carbons (Fsp3) is 0.435. The molecule has 0 N–H and O–H groups in total. The number of hydrogen-bond acceptors (Lipinski definition) is 2. The molecule has 26 heavy (non-hydrogen) atoms. The van der Waals surface area contributed by atoms with E-state index in [9.17, 15) is 4.79 Å². The Bertz CT molecular complexity index is 762. The normalized spacial score (nSPS) is 19.6. The SMILES string of the molecule is CN(Cc1ccc(C(=O)N2CCCC2)cc1)C1CCCc2ccccc21. The molecule has 1 heterocycles. The van der Waals surface area contributed by atoms with Crippen molar-refractivity contribution in [3.05, 3.63) is 70.8 Å². The minimum absolute atomic E-state index is 0.184. The molecular weight excluding hydrogens is 320 g/mol. The van der Waals surface area contributed by atoms with Crippen molar-refractivity contribution in [3.63, 3.8) is 0 Å². The summed E-state index contributed by atoms with van der Waals surface area (Å²) in [5.74, 6) is 0.184. The van der Waals surface area contributed by atoms with E-state index in [1.807, 2.05) is 17.0 Å². The van der Waals surface area contributed by atoms with Gasteiger partial charge in [-0.2, -0.15) is 0 Å². The van der Waals surface area contributed by atoms with Crippen LogP contribution in [-0.4, -0.2) is 35.8 Å². The van der Waals surface area contributed by atoms with E-state index in [1.165, 1.54) is 36.0 Å². The molecule has 1 amide bonds. The smallest absolute Gasteiger partial charge is 0.253 e. The number of nitrogens with zero attached hydrogens (tertiary/aromatic N) is 2. The Balaban J connectivity index is 1.43. The monoisotopic (exact) mass is 348 g/mol. The first kappa shape index (κ1) is 17.3. The molecule has 1 saturated heterocycles. The third-order valence-corrected chi connectivity index (χ3v) is 5.90. The zero-order valence-electron chi connectivity index (χ0n) is 15.7. The molecule has 3 nitrogen and oxygen atoms in total. The van der Waals surface area contributed by atoms with Gasteiger partial charge in [0.25, 0.3) is 5.91 Å². The quantitative estimate of drug-likeness (QED) is 0.816. The molecule has 2 aromatic carbocycles. The van der Waals surface area contributed by atoms with Crippen LogP contribution in [0.2, 0.25) is 0 Å². The van der Waals surface area contributed by atoms with Crippen LogP contribution in [0.5, 0.6) is 0 Å². The van der Waals surface area contributed by atoms with Crippen molar-refractivity contribution in [1.82, 2.24) is 9.80 Å². The fourth-order valence-corrected chi connectivity index (χ4v) is 4.44. The molecule has 1 unspecified atom stereocenters. The molecular formula is C23H28N2O. The van der Waals surface area contributed by atoms with Crippen molar-refractivity contribution in [2.45, 2.75) is 44.7 Å². The second-order valence-corrected chi connectivity index (χ2v) is 7.72. The maximum atomic E-state index is 12.5. The number of rotatable bonds is 4. The molecule has 3 heteroatoms. The number of fused-ring (bicyclic) bond motifs is 1. The maximum Gasteiger partial charge on any atom is 0.253 e. The molecule has 1 aliphatic carbocycles. The number of amides is 1. The molecule has 1 fully saturated rings. The topological polar surface area (TPSA) is 23.6 Å². The molecule has 136 valence electrons. The lowest BCUT2D eigenvalue weighted by Crippen LogP contribution is -2.28. The number of carbonyl (C=O) groups is 1. The molecule has 2 aromatic rings. The van der Waals surface area contributed by atoms with Gasteiger partial charge in [-0.25, -0.2) is 0 Å². The van der Waals surface area contributed by atoms with Crippen LogP contribution >= 0.6 is 0 Å². The van der Waals surface area contributed by atoms with Crippen molar-refractivity contribution in [2.24, 2.45) is 0 Å². The summed E-state index contributed by atoms with van der Waals surface area (Å²) in [4.78, 5) is 16.9. The Morgan fingerprint density at radius 3 is 2.54 bits per heavy atom. The van der Waals surface area contributed by atoms with E-state index in [0.29, 0.717) is 6.04 Å². The Morgan fingerprint density at radius 1 is 1.04 bits per heavy atom. The van der Waals surface area contributed by atoms with E-state index in [1.54, 1.807) is 0 Å². The summed E-state index contributed by atoms with van der Waals surface area (Å²) in [7, 11) is 2.22. The van der Waals surface area contributed by atoms with Gasteiger partial charge in [-0.15, -0.1) is 0 Å². The molecule has 4 rings (SSSR count). The Kier molecular flexibility index (Phi) is 5.07. The summed E-state index contributed by atoms with van der Waals surface area (Å²) in [6.07, 6.45) is 5.96. The summed E-state index contributed by atoms with van der Waals surface area (Å²) in [5.41, 5.74) is 5.08. The van der Waals surface area contributed by atoms with Crippen LogP contribution in [0.1, 0.15) is 58.8 Å². The third-order valence-electron chi connectivity index (χ3n) is 5.90. The molecule has 1 aliphatic heterocycles. The highest BCUT2D eigenvalue weighted by Crippen LogP contribution is 2.34. The van der Waals surface area contributed by atoms with Crippen molar-refractivity contribution < 1.29 is 4.79 Å². The van der Waals surface area contributed by atoms with Crippen molar-refractivity contribution >= 4 is 5.91 Å². The summed E-state index contributed by atoms with van der Waals surface area (Å²) in [6, 6.07) is 17.6. The standard InChI is InChI=1S/C23H28N2O/c1-24(22-10-6-8-19-7-2-3-9-21(19)22)17-18-11-13-20(14-12-18)23(26)25-15-4-5-16-25/h2-3,7,9,11-14,22H,4-6,8,10,15-17H2,1H3. The lowest BCUT2D eigenvalue weighted by atomic mass is 9.87. The second kappa shape index (κ2) is 7.63. The zero-order chi connectivity index (χ0) is 17.9. The van der Waals surface area contributed by atoms with Gasteiger partial charge in [0.2, 0.25) is 0 Å². The molecule has 0 bridgehead atoms. The van der Waals surface area contributed by atoms with Crippen molar-refractivity contribution in [1.29, 1.82) is 0 Å². The largest absolute Gasteiger partial charge is 0.339 e. The first-order valence-electron chi connectivity index (χ1n) is 9.88. The Morgan fingerprint density at radius 2 is 1.77 bits per heavy atom. The van der Waals surface area contributed by atoms with Gasteiger partial charge in [-0.1, -0.05) is 36.4 Å². The van der Waals surface area contributed by atoms with Crippen LogP contribution in [0.4, 0.5) is 0 Å². The maximum absolute atomic E-state index is 12.5. The molecule has 0 saturated carbocycles. The summed E-state index contributed by atoms with van der Waals surface area (Å²) in [6.45, 7) is 2.73.